The van der Waals surface area contributed by atoms with Crippen molar-refractivity contribution in [1.82, 2.24) is 14.8 Å². The van der Waals surface area contributed by atoms with Crippen LogP contribution in [0.4, 0.5) is 11.5 Å². The Morgan fingerprint density at radius 3 is 2.75 bits per heavy atom. The van der Waals surface area contributed by atoms with Crippen LogP contribution in [0.2, 0.25) is 0 Å². The molecule has 0 atom stereocenters. The summed E-state index contributed by atoms with van der Waals surface area (Å²) in [6.45, 7) is 0. The van der Waals surface area contributed by atoms with E-state index in [1.807, 2.05) is 36.5 Å². The SMILES string of the molecule is N#Cc1cccnc1Nc1cnn(-c2ccccc2)c1. The van der Waals surface area contributed by atoms with Gasteiger partial charge in [0.1, 0.15) is 11.9 Å². The van der Waals surface area contributed by atoms with Gasteiger partial charge >= 0.3 is 0 Å². The lowest BCUT2D eigenvalue weighted by atomic mass is 10.3. The minimum Gasteiger partial charge on any atom is -0.337 e. The first-order valence-corrected chi connectivity index (χ1v) is 6.09. The largest absolute Gasteiger partial charge is 0.337 e. The quantitative estimate of drug-likeness (QED) is 0.787. The highest BCUT2D eigenvalue weighted by Crippen LogP contribution is 2.18. The molecule has 1 N–H and O–H groups in total. The zero-order valence-electron chi connectivity index (χ0n) is 10.6. The molecule has 0 radical (unpaired) electrons. The van der Waals surface area contributed by atoms with Gasteiger partial charge in [0.15, 0.2) is 0 Å². The second-order valence-electron chi connectivity index (χ2n) is 4.15. The summed E-state index contributed by atoms with van der Waals surface area (Å²) in [4.78, 5) is 4.16. The predicted octanol–water partition coefficient (Wildman–Crippen LogP) is 2.88. The Labute approximate surface area is 116 Å². The van der Waals surface area contributed by atoms with Crippen LogP contribution in [0.15, 0.2) is 61.1 Å². The summed E-state index contributed by atoms with van der Waals surface area (Å²) in [5.41, 5.74) is 2.26. The molecule has 0 aliphatic carbocycles. The van der Waals surface area contributed by atoms with Gasteiger partial charge in [-0.05, 0) is 24.3 Å². The van der Waals surface area contributed by atoms with Crippen molar-refractivity contribution < 1.29 is 0 Å². The molecule has 0 spiro atoms. The van der Waals surface area contributed by atoms with Crippen LogP contribution in [0.5, 0.6) is 0 Å². The van der Waals surface area contributed by atoms with Crippen molar-refractivity contribution in [3.05, 3.63) is 66.6 Å². The highest BCUT2D eigenvalue weighted by atomic mass is 15.3. The number of nitrogens with zero attached hydrogens (tertiary/aromatic N) is 4. The van der Waals surface area contributed by atoms with Gasteiger partial charge in [0.2, 0.25) is 0 Å². The van der Waals surface area contributed by atoms with E-state index in [2.05, 4.69) is 21.5 Å². The first-order chi connectivity index (χ1) is 9.86. The number of pyridine rings is 1. The Morgan fingerprint density at radius 2 is 1.95 bits per heavy atom. The minimum atomic E-state index is 0.500. The summed E-state index contributed by atoms with van der Waals surface area (Å²) in [6.07, 6.45) is 5.19. The van der Waals surface area contributed by atoms with E-state index < -0.39 is 0 Å². The summed E-state index contributed by atoms with van der Waals surface area (Å²) in [6, 6.07) is 15.4. The second kappa shape index (κ2) is 5.24. The molecule has 0 unspecified atom stereocenters. The number of para-hydroxylation sites is 1. The van der Waals surface area contributed by atoms with Gasteiger partial charge in [-0.3, -0.25) is 0 Å². The van der Waals surface area contributed by atoms with Gasteiger partial charge in [0.05, 0.1) is 29.3 Å². The van der Waals surface area contributed by atoms with E-state index in [4.69, 9.17) is 5.26 Å². The van der Waals surface area contributed by atoms with Crippen LogP contribution < -0.4 is 5.32 Å². The van der Waals surface area contributed by atoms with E-state index in [1.165, 1.54) is 0 Å². The predicted molar refractivity (Wildman–Crippen MR) is 75.8 cm³/mol. The molecule has 0 saturated heterocycles. The van der Waals surface area contributed by atoms with Crippen LogP contribution in [0.3, 0.4) is 0 Å². The Bertz CT molecular complexity index is 755. The zero-order chi connectivity index (χ0) is 13.8. The van der Waals surface area contributed by atoms with Crippen molar-refractivity contribution in [2.45, 2.75) is 0 Å². The maximum Gasteiger partial charge on any atom is 0.148 e. The third kappa shape index (κ3) is 2.35. The number of aromatic nitrogens is 3. The molecule has 5 nitrogen and oxygen atoms in total. The Hall–Kier alpha value is -3.13. The molecule has 96 valence electrons. The van der Waals surface area contributed by atoms with E-state index in [0.717, 1.165) is 11.4 Å². The molecule has 0 bridgehead atoms. The summed E-state index contributed by atoms with van der Waals surface area (Å²) < 4.78 is 1.76. The van der Waals surface area contributed by atoms with E-state index in [1.54, 1.807) is 29.2 Å². The number of nitriles is 1. The number of rotatable bonds is 3. The lowest BCUT2D eigenvalue weighted by Crippen LogP contribution is -1.96. The Balaban J connectivity index is 1.87. The molecular formula is C15H11N5. The van der Waals surface area contributed by atoms with Crippen LogP contribution in [-0.2, 0) is 0 Å². The lowest BCUT2D eigenvalue weighted by molar-refractivity contribution is 0.881. The molecule has 3 rings (SSSR count). The van der Waals surface area contributed by atoms with Crippen molar-refractivity contribution in [2.24, 2.45) is 0 Å². The number of nitrogens with one attached hydrogen (secondary N) is 1. The lowest BCUT2D eigenvalue weighted by Gasteiger charge is -2.03. The van der Waals surface area contributed by atoms with Gasteiger partial charge < -0.3 is 5.32 Å². The molecule has 0 aliphatic rings. The highest BCUT2D eigenvalue weighted by Gasteiger charge is 2.05. The fourth-order valence-corrected chi connectivity index (χ4v) is 1.84. The van der Waals surface area contributed by atoms with Crippen molar-refractivity contribution in [1.29, 1.82) is 5.26 Å². The molecule has 20 heavy (non-hydrogen) atoms. The normalized spacial score (nSPS) is 9.95. The van der Waals surface area contributed by atoms with Crippen LogP contribution in [0, 0.1) is 11.3 Å². The number of hydrogen-bond acceptors (Lipinski definition) is 4. The van der Waals surface area contributed by atoms with E-state index in [9.17, 15) is 0 Å². The van der Waals surface area contributed by atoms with Gasteiger partial charge in [0.25, 0.3) is 0 Å². The molecule has 5 heteroatoms. The highest BCUT2D eigenvalue weighted by molar-refractivity contribution is 5.61. The van der Waals surface area contributed by atoms with Crippen LogP contribution in [-0.4, -0.2) is 14.8 Å². The molecule has 2 heterocycles. The van der Waals surface area contributed by atoms with Crippen LogP contribution >= 0.6 is 0 Å². The monoisotopic (exact) mass is 261 g/mol. The zero-order valence-corrected chi connectivity index (χ0v) is 10.6. The van der Waals surface area contributed by atoms with Crippen molar-refractivity contribution >= 4 is 11.5 Å². The first kappa shape index (κ1) is 11.9. The number of benzene rings is 1. The Morgan fingerprint density at radius 1 is 1.10 bits per heavy atom. The average molecular weight is 261 g/mol. The second-order valence-corrected chi connectivity index (χ2v) is 4.15. The topological polar surface area (TPSA) is 66.5 Å². The summed E-state index contributed by atoms with van der Waals surface area (Å²) in [7, 11) is 0. The van der Waals surface area contributed by atoms with Crippen molar-refractivity contribution in [3.63, 3.8) is 0 Å². The van der Waals surface area contributed by atoms with Gasteiger partial charge in [-0.25, -0.2) is 9.67 Å². The maximum absolute atomic E-state index is 9.03. The van der Waals surface area contributed by atoms with Crippen molar-refractivity contribution in [3.8, 4) is 11.8 Å². The number of hydrogen-bond donors (Lipinski definition) is 1. The first-order valence-electron chi connectivity index (χ1n) is 6.09. The smallest absolute Gasteiger partial charge is 0.148 e. The van der Waals surface area contributed by atoms with Gasteiger partial charge in [-0.2, -0.15) is 10.4 Å². The van der Waals surface area contributed by atoms with E-state index in [-0.39, 0.29) is 0 Å². The van der Waals surface area contributed by atoms with E-state index >= 15 is 0 Å². The number of anilines is 2. The molecule has 0 aliphatic heterocycles. The molecule has 3 aromatic rings. The molecule has 1 aromatic carbocycles. The van der Waals surface area contributed by atoms with Crippen molar-refractivity contribution in [2.75, 3.05) is 5.32 Å². The minimum absolute atomic E-state index is 0.500. The maximum atomic E-state index is 9.03. The van der Waals surface area contributed by atoms with Gasteiger partial charge in [-0.1, -0.05) is 18.2 Å². The Kier molecular flexibility index (Phi) is 3.13. The third-order valence-corrected chi connectivity index (χ3v) is 2.79. The van der Waals surface area contributed by atoms with Gasteiger partial charge in [-0.15, -0.1) is 0 Å². The molecule has 0 saturated carbocycles. The summed E-state index contributed by atoms with van der Waals surface area (Å²) in [5.74, 6) is 0.530. The molecule has 0 fully saturated rings. The van der Waals surface area contributed by atoms with Gasteiger partial charge in [0, 0.05) is 6.20 Å². The fourth-order valence-electron chi connectivity index (χ4n) is 1.84. The van der Waals surface area contributed by atoms with E-state index in [0.29, 0.717) is 11.4 Å². The third-order valence-electron chi connectivity index (χ3n) is 2.79. The average Bonchev–Trinajstić information content (AvgIpc) is 2.97. The summed E-state index contributed by atoms with van der Waals surface area (Å²) >= 11 is 0. The summed E-state index contributed by atoms with van der Waals surface area (Å²) in [5, 5.41) is 16.4. The molecule has 2 aromatic heterocycles. The molecule has 0 amide bonds. The van der Waals surface area contributed by atoms with Crippen LogP contribution in [0.1, 0.15) is 5.56 Å². The fraction of sp³-hybridized carbons (Fsp3) is 0. The molecular weight excluding hydrogens is 250 g/mol. The standard InChI is InChI=1S/C15H11N5/c16-9-12-5-4-8-17-15(12)19-13-10-18-20(11-13)14-6-2-1-3-7-14/h1-8,10-11H,(H,17,19). The van der Waals surface area contributed by atoms with Crippen LogP contribution in [0.25, 0.3) is 5.69 Å².